The Hall–Kier alpha value is -1.59. The van der Waals surface area contributed by atoms with Crippen LogP contribution in [0.15, 0.2) is 24.4 Å². The normalized spacial score (nSPS) is 11.1. The molecule has 2 heterocycles. The van der Waals surface area contributed by atoms with E-state index in [0.717, 1.165) is 21.4 Å². The summed E-state index contributed by atoms with van der Waals surface area (Å²) < 4.78 is 14.7. The minimum Gasteiger partial charge on any atom is -0.242 e. The molecule has 18 heavy (non-hydrogen) atoms. The van der Waals surface area contributed by atoms with Gasteiger partial charge < -0.3 is 0 Å². The van der Waals surface area contributed by atoms with E-state index in [1.807, 2.05) is 19.1 Å². The van der Waals surface area contributed by atoms with E-state index in [1.165, 1.54) is 0 Å². The predicted octanol–water partition coefficient (Wildman–Crippen LogP) is 3.85. The molecule has 0 N–H and O–H groups in total. The van der Waals surface area contributed by atoms with Gasteiger partial charge in [0.05, 0.1) is 21.4 Å². The standard InChI is InChI=1S/C12H7ClFN3S/c1-6-16-9-3-2-7(4-10(9)18-6)11-8(14)5-15-12(13)17-11/h2-5H,1H3. The van der Waals surface area contributed by atoms with Gasteiger partial charge in [-0.25, -0.2) is 19.3 Å². The van der Waals surface area contributed by atoms with Crippen molar-refractivity contribution in [2.24, 2.45) is 0 Å². The second-order valence-electron chi connectivity index (χ2n) is 3.75. The molecule has 0 fully saturated rings. The van der Waals surface area contributed by atoms with E-state index in [2.05, 4.69) is 15.0 Å². The molecule has 0 atom stereocenters. The van der Waals surface area contributed by atoms with E-state index in [1.54, 1.807) is 17.4 Å². The van der Waals surface area contributed by atoms with E-state index < -0.39 is 5.82 Å². The molecule has 0 aliphatic rings. The molecular formula is C12H7ClFN3S. The number of aromatic nitrogens is 3. The van der Waals surface area contributed by atoms with Gasteiger partial charge in [0.2, 0.25) is 5.28 Å². The average molecular weight is 280 g/mol. The Morgan fingerprint density at radius 2 is 2.11 bits per heavy atom. The first-order valence-corrected chi connectivity index (χ1v) is 6.38. The number of aryl methyl sites for hydroxylation is 1. The Balaban J connectivity index is 2.21. The molecule has 3 aromatic rings. The molecule has 0 aliphatic heterocycles. The van der Waals surface area contributed by atoms with Gasteiger partial charge >= 0.3 is 0 Å². The van der Waals surface area contributed by atoms with Crippen LogP contribution in [0.25, 0.3) is 21.5 Å². The number of hydrogen-bond donors (Lipinski definition) is 0. The van der Waals surface area contributed by atoms with Crippen molar-refractivity contribution < 1.29 is 4.39 Å². The second kappa shape index (κ2) is 4.26. The SMILES string of the molecule is Cc1nc2ccc(-c3nc(Cl)ncc3F)cc2s1. The first kappa shape index (κ1) is 11.5. The highest BCUT2D eigenvalue weighted by atomic mass is 35.5. The Morgan fingerprint density at radius 3 is 2.94 bits per heavy atom. The zero-order chi connectivity index (χ0) is 12.7. The maximum absolute atomic E-state index is 13.7. The quantitative estimate of drug-likeness (QED) is 0.635. The zero-order valence-electron chi connectivity index (χ0n) is 9.32. The molecular weight excluding hydrogens is 273 g/mol. The average Bonchev–Trinajstić information content (AvgIpc) is 2.71. The van der Waals surface area contributed by atoms with Crippen LogP contribution in [0.4, 0.5) is 4.39 Å². The van der Waals surface area contributed by atoms with E-state index in [-0.39, 0.29) is 11.0 Å². The summed E-state index contributed by atoms with van der Waals surface area (Å²) in [5.74, 6) is -0.486. The fourth-order valence-corrected chi connectivity index (χ4v) is 2.73. The maximum Gasteiger partial charge on any atom is 0.223 e. The van der Waals surface area contributed by atoms with Crippen LogP contribution >= 0.6 is 22.9 Å². The lowest BCUT2D eigenvalue weighted by atomic mass is 10.1. The van der Waals surface area contributed by atoms with Crippen LogP contribution in [-0.2, 0) is 0 Å². The zero-order valence-corrected chi connectivity index (χ0v) is 10.9. The van der Waals surface area contributed by atoms with Gasteiger partial charge in [-0.15, -0.1) is 11.3 Å². The van der Waals surface area contributed by atoms with Crippen LogP contribution in [-0.4, -0.2) is 15.0 Å². The van der Waals surface area contributed by atoms with Crippen molar-refractivity contribution in [3.05, 3.63) is 40.5 Å². The van der Waals surface area contributed by atoms with E-state index in [9.17, 15) is 4.39 Å². The Morgan fingerprint density at radius 1 is 1.28 bits per heavy atom. The van der Waals surface area contributed by atoms with Gasteiger partial charge in [-0.05, 0) is 30.7 Å². The summed E-state index contributed by atoms with van der Waals surface area (Å²) in [6.07, 6.45) is 1.08. The van der Waals surface area contributed by atoms with Gasteiger partial charge in [-0.2, -0.15) is 0 Å². The lowest BCUT2D eigenvalue weighted by Crippen LogP contribution is -1.92. The monoisotopic (exact) mass is 279 g/mol. The third-order valence-electron chi connectivity index (χ3n) is 2.48. The van der Waals surface area contributed by atoms with Gasteiger partial charge in [0.15, 0.2) is 5.82 Å². The van der Waals surface area contributed by atoms with Gasteiger partial charge in [0.25, 0.3) is 0 Å². The van der Waals surface area contributed by atoms with E-state index in [4.69, 9.17) is 11.6 Å². The molecule has 6 heteroatoms. The molecule has 0 saturated carbocycles. The summed E-state index contributed by atoms with van der Waals surface area (Å²) in [7, 11) is 0. The third kappa shape index (κ3) is 1.95. The van der Waals surface area contributed by atoms with Crippen molar-refractivity contribution in [2.75, 3.05) is 0 Å². The number of rotatable bonds is 1. The summed E-state index contributed by atoms with van der Waals surface area (Å²) >= 11 is 7.25. The van der Waals surface area contributed by atoms with E-state index in [0.29, 0.717) is 5.56 Å². The van der Waals surface area contributed by atoms with Crippen molar-refractivity contribution in [2.45, 2.75) is 6.92 Å². The summed E-state index contributed by atoms with van der Waals surface area (Å²) in [6.45, 7) is 1.94. The fraction of sp³-hybridized carbons (Fsp3) is 0.0833. The highest BCUT2D eigenvalue weighted by molar-refractivity contribution is 7.18. The van der Waals surface area contributed by atoms with Crippen LogP contribution in [0.2, 0.25) is 5.28 Å². The molecule has 1 aromatic carbocycles. The largest absolute Gasteiger partial charge is 0.242 e. The van der Waals surface area contributed by atoms with Crippen molar-refractivity contribution in [1.82, 2.24) is 15.0 Å². The fourth-order valence-electron chi connectivity index (χ4n) is 1.74. The number of thiazole rings is 1. The summed E-state index contributed by atoms with van der Waals surface area (Å²) in [6, 6.07) is 5.49. The second-order valence-corrected chi connectivity index (χ2v) is 5.32. The molecule has 3 rings (SSSR count). The van der Waals surface area contributed by atoms with Crippen LogP contribution in [0, 0.1) is 12.7 Å². The van der Waals surface area contributed by atoms with Crippen molar-refractivity contribution in [1.29, 1.82) is 0 Å². The number of benzene rings is 1. The number of fused-ring (bicyclic) bond motifs is 1. The van der Waals surface area contributed by atoms with Gasteiger partial charge in [-0.3, -0.25) is 0 Å². The minimum atomic E-state index is -0.486. The number of nitrogens with zero attached hydrogens (tertiary/aromatic N) is 3. The molecule has 0 amide bonds. The molecule has 90 valence electrons. The maximum atomic E-state index is 13.7. The molecule has 2 aromatic heterocycles. The van der Waals surface area contributed by atoms with Crippen molar-refractivity contribution >= 4 is 33.2 Å². The molecule has 3 nitrogen and oxygen atoms in total. The molecule has 0 unspecified atom stereocenters. The van der Waals surface area contributed by atoms with Crippen LogP contribution in [0.5, 0.6) is 0 Å². The van der Waals surface area contributed by atoms with Crippen LogP contribution < -0.4 is 0 Å². The summed E-state index contributed by atoms with van der Waals surface area (Å²) in [4.78, 5) is 11.9. The lowest BCUT2D eigenvalue weighted by Gasteiger charge is -2.02. The number of halogens is 2. The highest BCUT2D eigenvalue weighted by Gasteiger charge is 2.10. The smallest absolute Gasteiger partial charge is 0.223 e. The molecule has 0 spiro atoms. The summed E-state index contributed by atoms with van der Waals surface area (Å²) in [5.41, 5.74) is 1.79. The Labute approximate surface area is 111 Å². The third-order valence-corrected chi connectivity index (χ3v) is 3.60. The summed E-state index contributed by atoms with van der Waals surface area (Å²) in [5, 5.41) is 1.01. The predicted molar refractivity (Wildman–Crippen MR) is 70.4 cm³/mol. The lowest BCUT2D eigenvalue weighted by molar-refractivity contribution is 0.618. The first-order valence-electron chi connectivity index (χ1n) is 5.19. The minimum absolute atomic E-state index is 0.0342. The Bertz CT molecular complexity index is 741. The topological polar surface area (TPSA) is 38.7 Å². The molecule has 0 bridgehead atoms. The highest BCUT2D eigenvalue weighted by Crippen LogP contribution is 2.28. The van der Waals surface area contributed by atoms with Gasteiger partial charge in [0, 0.05) is 5.56 Å². The van der Waals surface area contributed by atoms with Crippen LogP contribution in [0.1, 0.15) is 5.01 Å². The molecule has 0 saturated heterocycles. The van der Waals surface area contributed by atoms with Crippen molar-refractivity contribution in [3.63, 3.8) is 0 Å². The van der Waals surface area contributed by atoms with Crippen LogP contribution in [0.3, 0.4) is 0 Å². The van der Waals surface area contributed by atoms with Gasteiger partial charge in [0.1, 0.15) is 5.69 Å². The first-order chi connectivity index (χ1) is 8.63. The van der Waals surface area contributed by atoms with E-state index >= 15 is 0 Å². The Kier molecular flexibility index (Phi) is 2.72. The molecule has 0 radical (unpaired) electrons. The van der Waals surface area contributed by atoms with Crippen molar-refractivity contribution in [3.8, 4) is 11.3 Å². The number of hydrogen-bond acceptors (Lipinski definition) is 4. The molecule has 0 aliphatic carbocycles. The van der Waals surface area contributed by atoms with Gasteiger partial charge in [-0.1, -0.05) is 6.07 Å².